The van der Waals surface area contributed by atoms with E-state index >= 15 is 0 Å². The summed E-state index contributed by atoms with van der Waals surface area (Å²) in [7, 11) is -3.79. The molecule has 0 atom stereocenters. The lowest BCUT2D eigenvalue weighted by Gasteiger charge is -2.01. The number of alkyl halides is 1. The summed E-state index contributed by atoms with van der Waals surface area (Å²) in [6.07, 6.45) is 0. The van der Waals surface area contributed by atoms with Gasteiger partial charge in [0.25, 0.3) is 0 Å². The smallest absolute Gasteiger partial charge is 0.238 e. The number of halogens is 1. The van der Waals surface area contributed by atoms with Crippen LogP contribution in [-0.2, 0) is 16.7 Å². The van der Waals surface area contributed by atoms with Gasteiger partial charge < -0.3 is 0 Å². The molecule has 0 heterocycles. The first-order valence-corrected chi connectivity index (χ1v) is 4.77. The number of hydrogen-bond donors (Lipinski definition) is 1. The van der Waals surface area contributed by atoms with Crippen molar-refractivity contribution in [3.8, 4) is 0 Å². The maximum absolute atomic E-state index is 12.2. The van der Waals surface area contributed by atoms with Gasteiger partial charge in [-0.05, 0) is 6.07 Å². The van der Waals surface area contributed by atoms with Crippen molar-refractivity contribution in [2.24, 2.45) is 5.14 Å². The predicted octanol–water partition coefficient (Wildman–Crippen LogP) is 0.804. The van der Waals surface area contributed by atoms with E-state index < -0.39 is 16.7 Å². The lowest BCUT2D eigenvalue weighted by molar-refractivity contribution is 0.478. The van der Waals surface area contributed by atoms with Crippen molar-refractivity contribution in [2.75, 3.05) is 0 Å². The third-order valence-electron chi connectivity index (χ3n) is 1.42. The highest BCUT2D eigenvalue weighted by Gasteiger charge is 2.11. The predicted molar refractivity (Wildman–Crippen MR) is 42.6 cm³/mol. The number of rotatable bonds is 2. The van der Waals surface area contributed by atoms with E-state index in [1.165, 1.54) is 18.2 Å². The van der Waals surface area contributed by atoms with Crippen LogP contribution in [0.2, 0.25) is 0 Å². The molecule has 12 heavy (non-hydrogen) atoms. The van der Waals surface area contributed by atoms with E-state index in [2.05, 4.69) is 0 Å². The van der Waals surface area contributed by atoms with Crippen molar-refractivity contribution >= 4 is 10.0 Å². The van der Waals surface area contributed by atoms with Crippen LogP contribution in [0.3, 0.4) is 0 Å². The Bertz CT molecular complexity index is 375. The molecular weight excluding hydrogens is 181 g/mol. The SMILES string of the molecule is NS(=O)(=O)c1ccccc1CF. The van der Waals surface area contributed by atoms with E-state index in [1.807, 2.05) is 0 Å². The van der Waals surface area contributed by atoms with Crippen molar-refractivity contribution in [1.82, 2.24) is 0 Å². The summed E-state index contributed by atoms with van der Waals surface area (Å²) < 4.78 is 33.8. The first-order chi connectivity index (χ1) is 5.55. The third-order valence-corrected chi connectivity index (χ3v) is 2.43. The van der Waals surface area contributed by atoms with Gasteiger partial charge in [-0.2, -0.15) is 0 Å². The van der Waals surface area contributed by atoms with Crippen LogP contribution in [0.1, 0.15) is 5.56 Å². The number of hydrogen-bond acceptors (Lipinski definition) is 2. The van der Waals surface area contributed by atoms with Gasteiger partial charge in [0.05, 0.1) is 4.90 Å². The fourth-order valence-electron chi connectivity index (χ4n) is 0.892. The lowest BCUT2D eigenvalue weighted by Crippen LogP contribution is -2.13. The minimum Gasteiger partial charge on any atom is -0.246 e. The molecule has 0 aromatic heterocycles. The summed E-state index contributed by atoms with van der Waals surface area (Å²) in [4.78, 5) is -0.146. The van der Waals surface area contributed by atoms with Crippen molar-refractivity contribution in [1.29, 1.82) is 0 Å². The van der Waals surface area contributed by atoms with Crippen LogP contribution in [0, 0.1) is 0 Å². The highest BCUT2D eigenvalue weighted by atomic mass is 32.2. The molecule has 0 aliphatic carbocycles. The van der Waals surface area contributed by atoms with Gasteiger partial charge in [0.15, 0.2) is 0 Å². The van der Waals surface area contributed by atoms with Gasteiger partial charge in [-0.1, -0.05) is 18.2 Å². The summed E-state index contributed by atoms with van der Waals surface area (Å²) in [6, 6.07) is 5.73. The number of primary sulfonamides is 1. The summed E-state index contributed by atoms with van der Waals surface area (Å²) in [5.74, 6) is 0. The monoisotopic (exact) mass is 189 g/mol. The molecule has 0 fully saturated rings. The van der Waals surface area contributed by atoms with Gasteiger partial charge in [0, 0.05) is 5.56 Å². The molecular formula is C7H8FNO2S. The van der Waals surface area contributed by atoms with E-state index in [0.717, 1.165) is 0 Å². The Kier molecular flexibility index (Phi) is 2.44. The normalized spacial score (nSPS) is 11.5. The minimum absolute atomic E-state index is 0.0972. The average Bonchev–Trinajstić information content (AvgIpc) is 2.03. The Morgan fingerprint density at radius 3 is 2.33 bits per heavy atom. The van der Waals surface area contributed by atoms with Crippen LogP contribution < -0.4 is 5.14 Å². The van der Waals surface area contributed by atoms with Gasteiger partial charge in [0.1, 0.15) is 6.67 Å². The van der Waals surface area contributed by atoms with E-state index in [4.69, 9.17) is 5.14 Å². The molecule has 0 saturated carbocycles. The molecule has 0 unspecified atom stereocenters. The molecule has 66 valence electrons. The number of sulfonamides is 1. The molecule has 0 aliphatic heterocycles. The second kappa shape index (κ2) is 3.20. The van der Waals surface area contributed by atoms with Crippen LogP contribution in [0.4, 0.5) is 4.39 Å². The lowest BCUT2D eigenvalue weighted by atomic mass is 10.2. The van der Waals surface area contributed by atoms with Crippen LogP contribution in [0.25, 0.3) is 0 Å². The second-order valence-corrected chi connectivity index (χ2v) is 3.82. The molecule has 0 aliphatic rings. The quantitative estimate of drug-likeness (QED) is 0.748. The van der Waals surface area contributed by atoms with Crippen molar-refractivity contribution < 1.29 is 12.8 Å². The van der Waals surface area contributed by atoms with Crippen molar-refractivity contribution in [3.63, 3.8) is 0 Å². The van der Waals surface area contributed by atoms with E-state index in [0.29, 0.717) is 0 Å². The first-order valence-electron chi connectivity index (χ1n) is 3.22. The highest BCUT2D eigenvalue weighted by Crippen LogP contribution is 2.14. The van der Waals surface area contributed by atoms with Gasteiger partial charge >= 0.3 is 0 Å². The number of nitrogens with two attached hydrogens (primary N) is 1. The van der Waals surface area contributed by atoms with Gasteiger partial charge in [-0.25, -0.2) is 17.9 Å². The Morgan fingerprint density at radius 2 is 1.92 bits per heavy atom. The minimum atomic E-state index is -3.79. The van der Waals surface area contributed by atoms with Crippen LogP contribution >= 0.6 is 0 Å². The molecule has 5 heteroatoms. The zero-order valence-electron chi connectivity index (χ0n) is 6.20. The maximum Gasteiger partial charge on any atom is 0.238 e. The summed E-state index contributed by atoms with van der Waals surface area (Å²) >= 11 is 0. The van der Waals surface area contributed by atoms with E-state index in [1.54, 1.807) is 6.07 Å². The molecule has 1 rings (SSSR count). The Morgan fingerprint density at radius 1 is 1.33 bits per heavy atom. The van der Waals surface area contributed by atoms with Gasteiger partial charge in [-0.3, -0.25) is 0 Å². The van der Waals surface area contributed by atoms with Crippen molar-refractivity contribution in [3.05, 3.63) is 29.8 Å². The zero-order chi connectivity index (χ0) is 9.19. The first kappa shape index (κ1) is 9.15. The summed E-state index contributed by atoms with van der Waals surface area (Å²) in [6.45, 7) is -0.827. The van der Waals surface area contributed by atoms with Crippen LogP contribution in [-0.4, -0.2) is 8.42 Å². The third kappa shape index (κ3) is 1.80. The molecule has 1 aromatic carbocycles. The number of benzene rings is 1. The molecule has 3 nitrogen and oxygen atoms in total. The van der Waals surface area contributed by atoms with E-state index in [-0.39, 0.29) is 10.5 Å². The standard InChI is InChI=1S/C7H8FNO2S/c8-5-6-3-1-2-4-7(6)12(9,10)11/h1-4H,5H2,(H2,9,10,11). The molecule has 0 bridgehead atoms. The molecule has 0 saturated heterocycles. The Labute approximate surface area is 70.1 Å². The Balaban J connectivity index is 3.33. The van der Waals surface area contributed by atoms with Gasteiger partial charge in [0.2, 0.25) is 10.0 Å². The average molecular weight is 189 g/mol. The molecule has 2 N–H and O–H groups in total. The van der Waals surface area contributed by atoms with Gasteiger partial charge in [-0.15, -0.1) is 0 Å². The largest absolute Gasteiger partial charge is 0.246 e. The van der Waals surface area contributed by atoms with Crippen LogP contribution in [0.15, 0.2) is 29.2 Å². The maximum atomic E-state index is 12.2. The molecule has 0 amide bonds. The summed E-state index contributed by atoms with van der Waals surface area (Å²) in [5, 5.41) is 4.84. The second-order valence-electron chi connectivity index (χ2n) is 2.29. The molecule has 1 aromatic rings. The Hall–Kier alpha value is -0.940. The molecule has 0 spiro atoms. The molecule has 0 radical (unpaired) electrons. The van der Waals surface area contributed by atoms with E-state index in [9.17, 15) is 12.8 Å². The van der Waals surface area contributed by atoms with Crippen LogP contribution in [0.5, 0.6) is 0 Å². The topological polar surface area (TPSA) is 60.2 Å². The highest BCUT2D eigenvalue weighted by molar-refractivity contribution is 7.89. The fourth-order valence-corrected chi connectivity index (χ4v) is 1.65. The zero-order valence-corrected chi connectivity index (χ0v) is 7.01. The fraction of sp³-hybridized carbons (Fsp3) is 0.143. The van der Waals surface area contributed by atoms with Crippen molar-refractivity contribution in [2.45, 2.75) is 11.6 Å². The summed E-state index contributed by atoms with van der Waals surface area (Å²) in [5.41, 5.74) is 0.0972.